The van der Waals surface area contributed by atoms with Crippen LogP contribution in [0.1, 0.15) is 31.2 Å². The van der Waals surface area contributed by atoms with Gasteiger partial charge in [0.25, 0.3) is 5.91 Å². The third kappa shape index (κ3) is 4.09. The highest BCUT2D eigenvalue weighted by molar-refractivity contribution is 6.45. The topological polar surface area (TPSA) is 91.4 Å². The molecule has 2 aliphatic heterocycles. The number of nitrogens with one attached hydrogen (secondary N) is 2. The van der Waals surface area contributed by atoms with E-state index in [9.17, 15) is 18.0 Å². The summed E-state index contributed by atoms with van der Waals surface area (Å²) in [4.78, 5) is 14.7. The first kappa shape index (κ1) is 18.5. The second kappa shape index (κ2) is 7.14. The molecule has 6 nitrogen and oxygen atoms in total. The first-order chi connectivity index (χ1) is 12.2. The van der Waals surface area contributed by atoms with Crippen LogP contribution in [0.15, 0.2) is 18.2 Å². The van der Waals surface area contributed by atoms with Crippen LogP contribution in [0.2, 0.25) is 0 Å². The summed E-state index contributed by atoms with van der Waals surface area (Å²) in [7, 11) is 0. The molecule has 2 atom stereocenters. The number of alkyl halides is 3. The van der Waals surface area contributed by atoms with Gasteiger partial charge in [-0.1, -0.05) is 12.1 Å². The molecule has 1 amide bonds. The highest BCUT2D eigenvalue weighted by Gasteiger charge is 2.34. The molecule has 0 saturated carbocycles. The van der Waals surface area contributed by atoms with Crippen molar-refractivity contribution in [3.63, 3.8) is 0 Å². The van der Waals surface area contributed by atoms with Gasteiger partial charge in [0.15, 0.2) is 5.75 Å². The molecule has 0 radical (unpaired) electrons. The minimum atomic E-state index is -4.90. The van der Waals surface area contributed by atoms with Crippen LogP contribution in [-0.2, 0) is 4.79 Å². The summed E-state index contributed by atoms with van der Waals surface area (Å²) in [6.07, 6.45) is -0.798. The molecule has 26 heavy (non-hydrogen) atoms. The van der Waals surface area contributed by atoms with Gasteiger partial charge >= 0.3 is 6.36 Å². The van der Waals surface area contributed by atoms with E-state index in [2.05, 4.69) is 15.0 Å². The number of carbonyl (C=O) groups excluding carboxylic acids is 1. The number of anilines is 1. The number of hydrogen-bond acceptors (Lipinski definition) is 5. The van der Waals surface area contributed by atoms with Gasteiger partial charge < -0.3 is 15.8 Å². The number of amides is 1. The molecule has 1 aromatic carbocycles. The van der Waals surface area contributed by atoms with Crippen LogP contribution in [0, 0.1) is 5.41 Å². The zero-order chi connectivity index (χ0) is 18.9. The molecule has 1 aromatic rings. The molecule has 0 aliphatic carbocycles. The largest absolute Gasteiger partial charge is 0.573 e. The maximum absolute atomic E-state index is 12.4. The average Bonchev–Trinajstić information content (AvgIpc) is 2.67. The van der Waals surface area contributed by atoms with Gasteiger partial charge in [0.05, 0.1) is 5.69 Å². The number of halogens is 3. The lowest BCUT2D eigenvalue weighted by Gasteiger charge is -2.40. The maximum atomic E-state index is 12.4. The number of para-hydroxylation sites is 1. The van der Waals surface area contributed by atoms with E-state index >= 15 is 0 Å². The Labute approximate surface area is 149 Å². The van der Waals surface area contributed by atoms with E-state index in [1.165, 1.54) is 18.6 Å². The van der Waals surface area contributed by atoms with E-state index in [4.69, 9.17) is 11.1 Å². The van der Waals surface area contributed by atoms with Gasteiger partial charge in [0.2, 0.25) is 0 Å². The Morgan fingerprint density at radius 2 is 2.08 bits per heavy atom. The van der Waals surface area contributed by atoms with Crippen molar-refractivity contribution in [1.29, 1.82) is 5.41 Å². The molecule has 2 aliphatic rings. The van der Waals surface area contributed by atoms with Crippen LogP contribution in [0.5, 0.6) is 5.75 Å². The van der Waals surface area contributed by atoms with Crippen LogP contribution >= 0.6 is 0 Å². The molecule has 0 spiro atoms. The van der Waals surface area contributed by atoms with Crippen molar-refractivity contribution in [2.75, 3.05) is 18.8 Å². The molecule has 2 heterocycles. The highest BCUT2D eigenvalue weighted by Crippen LogP contribution is 2.31. The smallest absolute Gasteiger partial charge is 0.404 e. The summed E-state index contributed by atoms with van der Waals surface area (Å²) >= 11 is 0. The zero-order valence-corrected chi connectivity index (χ0v) is 14.1. The number of rotatable bonds is 4. The zero-order valence-electron chi connectivity index (χ0n) is 14.1. The maximum Gasteiger partial charge on any atom is 0.573 e. The Bertz CT molecular complexity index is 708. The third-order valence-corrected chi connectivity index (χ3v) is 4.93. The third-order valence-electron chi connectivity index (χ3n) is 4.93. The molecule has 3 rings (SSSR count). The predicted octanol–water partition coefficient (Wildman–Crippen LogP) is 2.28. The lowest BCUT2D eigenvalue weighted by atomic mass is 10.00. The molecule has 2 saturated heterocycles. The van der Waals surface area contributed by atoms with E-state index in [0.717, 1.165) is 38.4 Å². The lowest BCUT2D eigenvalue weighted by Crippen LogP contribution is -2.52. The Morgan fingerprint density at radius 1 is 1.31 bits per heavy atom. The van der Waals surface area contributed by atoms with Crippen LogP contribution in [0.3, 0.4) is 0 Å². The molecule has 0 aromatic heterocycles. The van der Waals surface area contributed by atoms with Gasteiger partial charge in [-0.3, -0.25) is 15.1 Å². The lowest BCUT2D eigenvalue weighted by molar-refractivity contribution is -0.274. The fraction of sp³-hybridized carbons (Fsp3) is 0.529. The normalized spacial score (nSPS) is 23.3. The van der Waals surface area contributed by atoms with Crippen molar-refractivity contribution in [3.05, 3.63) is 23.8 Å². The van der Waals surface area contributed by atoms with E-state index in [0.29, 0.717) is 6.04 Å². The van der Waals surface area contributed by atoms with E-state index < -0.39 is 23.7 Å². The van der Waals surface area contributed by atoms with E-state index in [-0.39, 0.29) is 17.3 Å². The summed E-state index contributed by atoms with van der Waals surface area (Å²) in [5, 5.41) is 10.9. The monoisotopic (exact) mass is 370 g/mol. The molecule has 0 bridgehead atoms. The van der Waals surface area contributed by atoms with Crippen molar-refractivity contribution < 1.29 is 22.7 Å². The van der Waals surface area contributed by atoms with Gasteiger partial charge in [-0.2, -0.15) is 0 Å². The number of nitrogen functional groups attached to an aromatic ring is 1. The van der Waals surface area contributed by atoms with E-state index in [1.807, 2.05) is 0 Å². The van der Waals surface area contributed by atoms with Crippen LogP contribution in [0.4, 0.5) is 18.9 Å². The Kier molecular flexibility index (Phi) is 5.08. The molecular formula is C17H21F3N4O2. The van der Waals surface area contributed by atoms with Gasteiger partial charge in [-0.25, -0.2) is 0 Å². The number of benzene rings is 1. The summed E-state index contributed by atoms with van der Waals surface area (Å²) in [5.41, 5.74) is 4.75. The second-order valence-electron chi connectivity index (χ2n) is 6.68. The van der Waals surface area contributed by atoms with Crippen molar-refractivity contribution in [2.24, 2.45) is 0 Å². The van der Waals surface area contributed by atoms with Crippen molar-refractivity contribution in [3.8, 4) is 5.75 Å². The summed E-state index contributed by atoms with van der Waals surface area (Å²) in [5.74, 6) is -1.27. The van der Waals surface area contributed by atoms with Gasteiger partial charge in [-0.15, -0.1) is 13.2 Å². The standard InChI is InChI=1S/C17H21F3N4O2/c18-17(19,20)26-13-6-2-5-12(14(13)21)15(22)16(25)23-10-3-1-4-11-7-8-24(11)9-10/h2,5-6,10-11,22H,1,3-4,7-9,21H2,(H,23,25)/t10-,11?/m0/s1. The van der Waals surface area contributed by atoms with Crippen LogP contribution in [-0.4, -0.2) is 48.1 Å². The number of hydrogen-bond donors (Lipinski definition) is 3. The summed E-state index contributed by atoms with van der Waals surface area (Å²) < 4.78 is 41.1. The number of nitrogens with zero attached hydrogens (tertiary/aromatic N) is 1. The molecule has 2 fully saturated rings. The Hall–Kier alpha value is -2.29. The quantitative estimate of drug-likeness (QED) is 0.560. The predicted molar refractivity (Wildman–Crippen MR) is 90.1 cm³/mol. The molecule has 142 valence electrons. The van der Waals surface area contributed by atoms with Crippen molar-refractivity contribution in [1.82, 2.24) is 10.2 Å². The number of nitrogens with two attached hydrogens (primary N) is 1. The number of ether oxygens (including phenoxy) is 1. The van der Waals surface area contributed by atoms with Crippen LogP contribution < -0.4 is 15.8 Å². The molecule has 1 unspecified atom stereocenters. The van der Waals surface area contributed by atoms with Crippen LogP contribution in [0.25, 0.3) is 0 Å². The minimum Gasteiger partial charge on any atom is -0.404 e. The second-order valence-corrected chi connectivity index (χ2v) is 6.68. The molecule has 9 heteroatoms. The Morgan fingerprint density at radius 3 is 2.73 bits per heavy atom. The minimum absolute atomic E-state index is 0.0796. The first-order valence-electron chi connectivity index (χ1n) is 8.52. The van der Waals surface area contributed by atoms with Gasteiger partial charge in [-0.05, 0) is 38.3 Å². The van der Waals surface area contributed by atoms with E-state index in [1.54, 1.807) is 0 Å². The summed E-state index contributed by atoms with van der Waals surface area (Å²) in [6.45, 7) is 1.74. The molecular weight excluding hydrogens is 349 g/mol. The SMILES string of the molecule is N=C(C(=O)N[C@H]1CCCC2CCN2C1)c1cccc(OC(F)(F)F)c1N. The summed E-state index contributed by atoms with van der Waals surface area (Å²) in [6, 6.07) is 4.16. The van der Waals surface area contributed by atoms with Gasteiger partial charge in [0, 0.05) is 24.2 Å². The first-order valence-corrected chi connectivity index (χ1v) is 8.52. The number of fused-ring (bicyclic) bond motifs is 1. The Balaban J connectivity index is 1.68. The number of carbonyl (C=O) groups is 1. The fourth-order valence-electron chi connectivity index (χ4n) is 3.51. The molecule has 4 N–H and O–H groups in total. The van der Waals surface area contributed by atoms with Crippen molar-refractivity contribution in [2.45, 2.75) is 44.1 Å². The average molecular weight is 370 g/mol. The fourth-order valence-corrected chi connectivity index (χ4v) is 3.51. The highest BCUT2D eigenvalue weighted by atomic mass is 19.4. The van der Waals surface area contributed by atoms with Crippen molar-refractivity contribution >= 4 is 17.3 Å². The van der Waals surface area contributed by atoms with Gasteiger partial charge in [0.1, 0.15) is 5.71 Å².